The number of aromatic nitrogens is 5. The zero-order valence-corrected chi connectivity index (χ0v) is 18.7. The molecule has 1 aliphatic heterocycles. The summed E-state index contributed by atoms with van der Waals surface area (Å²) in [7, 11) is 0. The number of amides is 1. The van der Waals surface area contributed by atoms with Gasteiger partial charge in [0.05, 0.1) is 22.8 Å². The molecule has 1 amide bonds. The molecule has 0 radical (unpaired) electrons. The smallest absolute Gasteiger partial charge is 0.276 e. The van der Waals surface area contributed by atoms with Crippen LogP contribution in [0.15, 0.2) is 46.3 Å². The zero-order valence-electron chi connectivity index (χ0n) is 17.9. The molecular weight excluding hydrogens is 426 g/mol. The summed E-state index contributed by atoms with van der Waals surface area (Å²) < 4.78 is 7.12. The molecule has 0 atom stereocenters. The molecule has 9 nitrogen and oxygen atoms in total. The molecule has 0 bridgehead atoms. The summed E-state index contributed by atoms with van der Waals surface area (Å²) in [5.41, 5.74) is 3.21. The summed E-state index contributed by atoms with van der Waals surface area (Å²) in [4.78, 5) is 22.6. The van der Waals surface area contributed by atoms with Crippen molar-refractivity contribution in [2.75, 3.05) is 26.2 Å². The number of hydrogen-bond acceptors (Lipinski definition) is 8. The molecule has 0 saturated carbocycles. The predicted octanol–water partition coefficient (Wildman–Crippen LogP) is 2.95. The van der Waals surface area contributed by atoms with Crippen LogP contribution in [0.3, 0.4) is 0 Å². The fraction of sp³-hybridized carbons (Fsp3) is 0.318. The fourth-order valence-electron chi connectivity index (χ4n) is 3.73. The Balaban J connectivity index is 1.20. The van der Waals surface area contributed by atoms with Gasteiger partial charge in [-0.15, -0.1) is 16.4 Å². The number of benzene rings is 1. The molecule has 1 aromatic carbocycles. The standard InChI is InChI=1S/C22H23N7O2S/c1-15-5-7-17(8-6-15)29-16(2)20(24-26-29)22(30)28-11-9-27(10-12-28)14-19-23-21(25-31-19)18-4-3-13-32-18/h3-8,13H,9-12,14H2,1-2H3. The van der Waals surface area contributed by atoms with Crippen LogP contribution in [0.4, 0.5) is 0 Å². The predicted molar refractivity (Wildman–Crippen MR) is 120 cm³/mol. The molecule has 1 aliphatic rings. The van der Waals surface area contributed by atoms with Gasteiger partial charge in [0.1, 0.15) is 0 Å². The number of aryl methyl sites for hydroxylation is 1. The Bertz CT molecular complexity index is 1210. The lowest BCUT2D eigenvalue weighted by atomic mass is 10.2. The van der Waals surface area contributed by atoms with Crippen molar-refractivity contribution in [3.8, 4) is 16.4 Å². The number of carbonyl (C=O) groups is 1. The first-order valence-electron chi connectivity index (χ1n) is 10.5. The molecule has 0 aliphatic carbocycles. The molecule has 3 aromatic heterocycles. The topological polar surface area (TPSA) is 93.2 Å². The quantitative estimate of drug-likeness (QED) is 0.462. The van der Waals surface area contributed by atoms with Gasteiger partial charge < -0.3 is 9.42 Å². The summed E-state index contributed by atoms with van der Waals surface area (Å²) in [6, 6.07) is 11.9. The van der Waals surface area contributed by atoms with Crippen LogP contribution >= 0.6 is 11.3 Å². The Kier molecular flexibility index (Phi) is 5.54. The van der Waals surface area contributed by atoms with E-state index in [1.807, 2.05) is 60.5 Å². The van der Waals surface area contributed by atoms with Crippen LogP contribution in [0, 0.1) is 13.8 Å². The number of carbonyl (C=O) groups excluding carboxylic acids is 1. The first-order valence-corrected chi connectivity index (χ1v) is 11.3. The van der Waals surface area contributed by atoms with Gasteiger partial charge in [-0.05, 0) is 37.4 Å². The maximum Gasteiger partial charge on any atom is 0.276 e. The van der Waals surface area contributed by atoms with Crippen molar-refractivity contribution in [3.05, 3.63) is 64.6 Å². The Labute approximate surface area is 189 Å². The molecule has 1 fully saturated rings. The Hall–Kier alpha value is -3.37. The third-order valence-electron chi connectivity index (χ3n) is 5.60. The highest BCUT2D eigenvalue weighted by Gasteiger charge is 2.27. The number of piperazine rings is 1. The van der Waals surface area contributed by atoms with E-state index in [-0.39, 0.29) is 5.91 Å². The summed E-state index contributed by atoms with van der Waals surface area (Å²) >= 11 is 1.58. The van der Waals surface area contributed by atoms with Crippen molar-refractivity contribution >= 4 is 17.2 Å². The Morgan fingerprint density at radius 2 is 1.88 bits per heavy atom. The van der Waals surface area contributed by atoms with E-state index in [2.05, 4.69) is 25.4 Å². The molecule has 4 heterocycles. The molecular formula is C22H23N7O2S. The van der Waals surface area contributed by atoms with Crippen LogP contribution in [0.1, 0.15) is 27.6 Å². The fourth-order valence-corrected chi connectivity index (χ4v) is 4.38. The van der Waals surface area contributed by atoms with E-state index in [4.69, 9.17) is 4.52 Å². The van der Waals surface area contributed by atoms with Crippen molar-refractivity contribution in [3.63, 3.8) is 0 Å². The van der Waals surface area contributed by atoms with E-state index in [0.29, 0.717) is 37.0 Å². The molecule has 4 aromatic rings. The minimum absolute atomic E-state index is 0.0849. The summed E-state index contributed by atoms with van der Waals surface area (Å²) in [6.45, 7) is 7.17. The molecule has 10 heteroatoms. The number of nitrogens with zero attached hydrogens (tertiary/aromatic N) is 7. The second-order valence-corrected chi connectivity index (χ2v) is 8.78. The summed E-state index contributed by atoms with van der Waals surface area (Å²) in [5.74, 6) is 1.12. The van der Waals surface area contributed by atoms with E-state index in [1.165, 1.54) is 5.56 Å². The second kappa shape index (κ2) is 8.64. The van der Waals surface area contributed by atoms with Crippen LogP contribution in [0.5, 0.6) is 0 Å². The van der Waals surface area contributed by atoms with E-state index in [9.17, 15) is 4.79 Å². The van der Waals surface area contributed by atoms with Crippen LogP contribution in [-0.2, 0) is 6.54 Å². The molecule has 0 spiro atoms. The van der Waals surface area contributed by atoms with Crippen molar-refractivity contribution < 1.29 is 9.32 Å². The van der Waals surface area contributed by atoms with E-state index in [1.54, 1.807) is 16.0 Å². The highest BCUT2D eigenvalue weighted by Crippen LogP contribution is 2.22. The average Bonchev–Trinajstić information content (AvgIpc) is 3.56. The molecule has 164 valence electrons. The highest BCUT2D eigenvalue weighted by molar-refractivity contribution is 7.13. The largest absolute Gasteiger partial charge is 0.338 e. The zero-order chi connectivity index (χ0) is 22.1. The van der Waals surface area contributed by atoms with Crippen molar-refractivity contribution in [1.82, 2.24) is 34.9 Å². The SMILES string of the molecule is Cc1ccc(-n2nnc(C(=O)N3CCN(Cc4nc(-c5cccs5)no4)CC3)c2C)cc1. The van der Waals surface area contributed by atoms with Gasteiger partial charge in [0.15, 0.2) is 5.69 Å². The molecule has 1 saturated heterocycles. The van der Waals surface area contributed by atoms with Crippen LogP contribution < -0.4 is 0 Å². The Morgan fingerprint density at radius 1 is 1.09 bits per heavy atom. The minimum atomic E-state index is -0.0849. The van der Waals surface area contributed by atoms with Gasteiger partial charge in [-0.3, -0.25) is 9.69 Å². The van der Waals surface area contributed by atoms with E-state index in [0.717, 1.165) is 29.3 Å². The lowest BCUT2D eigenvalue weighted by Crippen LogP contribution is -2.48. The van der Waals surface area contributed by atoms with E-state index >= 15 is 0 Å². The van der Waals surface area contributed by atoms with Crippen molar-refractivity contribution in [1.29, 1.82) is 0 Å². The van der Waals surface area contributed by atoms with Gasteiger partial charge in [-0.25, -0.2) is 4.68 Å². The van der Waals surface area contributed by atoms with Crippen molar-refractivity contribution in [2.45, 2.75) is 20.4 Å². The van der Waals surface area contributed by atoms with Gasteiger partial charge in [0, 0.05) is 26.2 Å². The van der Waals surface area contributed by atoms with Crippen LogP contribution in [0.2, 0.25) is 0 Å². The maximum atomic E-state index is 13.1. The van der Waals surface area contributed by atoms with Gasteiger partial charge in [0.25, 0.3) is 5.91 Å². The normalized spacial score (nSPS) is 14.8. The monoisotopic (exact) mass is 449 g/mol. The lowest BCUT2D eigenvalue weighted by molar-refractivity contribution is 0.0608. The van der Waals surface area contributed by atoms with Crippen molar-refractivity contribution in [2.24, 2.45) is 0 Å². The van der Waals surface area contributed by atoms with Crippen LogP contribution in [-0.4, -0.2) is 67.0 Å². The van der Waals surface area contributed by atoms with Crippen LogP contribution in [0.25, 0.3) is 16.4 Å². The van der Waals surface area contributed by atoms with E-state index < -0.39 is 0 Å². The molecule has 0 unspecified atom stereocenters. The highest BCUT2D eigenvalue weighted by atomic mass is 32.1. The first kappa shape index (κ1) is 20.5. The maximum absolute atomic E-state index is 13.1. The average molecular weight is 450 g/mol. The Morgan fingerprint density at radius 3 is 2.59 bits per heavy atom. The summed E-state index contributed by atoms with van der Waals surface area (Å²) in [5, 5.41) is 14.4. The lowest BCUT2D eigenvalue weighted by Gasteiger charge is -2.33. The third kappa shape index (κ3) is 4.06. The summed E-state index contributed by atoms with van der Waals surface area (Å²) in [6.07, 6.45) is 0. The number of rotatable bonds is 5. The minimum Gasteiger partial charge on any atom is -0.338 e. The van der Waals surface area contributed by atoms with Gasteiger partial charge in [0.2, 0.25) is 11.7 Å². The van der Waals surface area contributed by atoms with Gasteiger partial charge in [-0.1, -0.05) is 34.1 Å². The first-order chi connectivity index (χ1) is 15.6. The molecule has 5 rings (SSSR count). The van der Waals surface area contributed by atoms with Gasteiger partial charge >= 0.3 is 0 Å². The molecule has 0 N–H and O–H groups in total. The van der Waals surface area contributed by atoms with Gasteiger partial charge in [-0.2, -0.15) is 4.98 Å². The number of thiophene rings is 1. The molecule has 32 heavy (non-hydrogen) atoms. The number of hydrogen-bond donors (Lipinski definition) is 0. The second-order valence-electron chi connectivity index (χ2n) is 7.83. The third-order valence-corrected chi connectivity index (χ3v) is 6.47.